The first-order chi connectivity index (χ1) is 3.77. The van der Waals surface area contributed by atoms with E-state index < -0.39 is 0 Å². The molecule has 9 heavy (non-hydrogen) atoms. The third-order valence-corrected chi connectivity index (χ3v) is 1.58. The van der Waals surface area contributed by atoms with Crippen molar-refractivity contribution in [3.05, 3.63) is 0 Å². The molecule has 0 nitrogen and oxygen atoms in total. The maximum atomic E-state index is 4.14. The molecule has 0 aliphatic heterocycles. The molecule has 0 aliphatic carbocycles. The molecular weight excluding hydrogens is 202 g/mol. The van der Waals surface area contributed by atoms with Gasteiger partial charge in [0, 0.05) is 24.1 Å². The third kappa shape index (κ3) is 12.5. The molecule has 0 aliphatic rings. The Morgan fingerprint density at radius 1 is 1.22 bits per heavy atom. The predicted molar refractivity (Wildman–Crippen MR) is 45.9 cm³/mol. The molecule has 0 radical (unpaired) electrons. The fourth-order valence-corrected chi connectivity index (χ4v) is 0.942. The van der Waals surface area contributed by atoms with Gasteiger partial charge in [0.05, 0.1) is 0 Å². The van der Waals surface area contributed by atoms with Gasteiger partial charge in [-0.25, -0.2) is 0 Å². The minimum Gasteiger partial charge on any atom is -0.165 e. The predicted octanol–water partition coefficient (Wildman–Crippen LogP) is 2.75. The normalized spacial score (nSPS) is 9.33. The van der Waals surface area contributed by atoms with Crippen molar-refractivity contribution in [2.24, 2.45) is 0 Å². The minimum atomic E-state index is 0. The van der Waals surface area contributed by atoms with Gasteiger partial charge in [-0.2, -0.15) is 25.3 Å². The Kier molecular flexibility index (Phi) is 13.4. The standard InChI is InChI=1S/C6H14S2.Zn/c1-2-3-4-5-6(7)8;/h6-8H,2-5H2,1H3;. The second kappa shape index (κ2) is 9.32. The van der Waals surface area contributed by atoms with E-state index in [-0.39, 0.29) is 19.5 Å². The summed E-state index contributed by atoms with van der Waals surface area (Å²) in [4.78, 5) is 0. The van der Waals surface area contributed by atoms with Gasteiger partial charge in [-0.1, -0.05) is 26.2 Å². The van der Waals surface area contributed by atoms with Crippen molar-refractivity contribution in [1.82, 2.24) is 0 Å². The van der Waals surface area contributed by atoms with E-state index in [9.17, 15) is 0 Å². The summed E-state index contributed by atoms with van der Waals surface area (Å²) in [5, 5.41) is 0. The molecule has 0 amide bonds. The molecule has 0 aromatic rings. The van der Waals surface area contributed by atoms with Crippen LogP contribution < -0.4 is 0 Å². The topological polar surface area (TPSA) is 0 Å². The van der Waals surface area contributed by atoms with Gasteiger partial charge in [-0.05, 0) is 6.42 Å². The average molecular weight is 216 g/mol. The summed E-state index contributed by atoms with van der Waals surface area (Å²) in [5.41, 5.74) is 0. The monoisotopic (exact) mass is 214 g/mol. The van der Waals surface area contributed by atoms with Crippen LogP contribution in [0.2, 0.25) is 0 Å². The molecule has 0 saturated carbocycles. The maximum Gasteiger partial charge on any atom is 0.0442 e. The van der Waals surface area contributed by atoms with Gasteiger partial charge >= 0.3 is 0 Å². The van der Waals surface area contributed by atoms with Crippen LogP contribution in [0.1, 0.15) is 32.6 Å². The molecule has 3 heteroatoms. The molecule has 0 saturated heterocycles. The number of rotatable bonds is 4. The molecule has 0 N–H and O–H groups in total. The average Bonchev–Trinajstić information content (AvgIpc) is 1.66. The molecule has 0 aromatic heterocycles. The summed E-state index contributed by atoms with van der Waals surface area (Å²) in [7, 11) is 0. The van der Waals surface area contributed by atoms with E-state index in [1.165, 1.54) is 19.3 Å². The number of thiol groups is 2. The molecule has 0 atom stereocenters. The smallest absolute Gasteiger partial charge is 0.0442 e. The zero-order chi connectivity index (χ0) is 6.41. The van der Waals surface area contributed by atoms with Crippen LogP contribution in [0, 0.1) is 0 Å². The van der Waals surface area contributed by atoms with Gasteiger partial charge in [0.2, 0.25) is 0 Å². The van der Waals surface area contributed by atoms with Crippen LogP contribution >= 0.6 is 25.3 Å². The van der Waals surface area contributed by atoms with Crippen LogP contribution in [0.5, 0.6) is 0 Å². The van der Waals surface area contributed by atoms with Crippen LogP contribution in [0.3, 0.4) is 0 Å². The summed E-state index contributed by atoms with van der Waals surface area (Å²) in [6.07, 6.45) is 5.01. The number of hydrogen-bond acceptors (Lipinski definition) is 2. The second-order valence-corrected chi connectivity index (χ2v) is 3.63. The third-order valence-electron chi connectivity index (χ3n) is 1.07. The van der Waals surface area contributed by atoms with Crippen molar-refractivity contribution < 1.29 is 19.5 Å². The van der Waals surface area contributed by atoms with Gasteiger partial charge in [0.1, 0.15) is 0 Å². The molecule has 0 aromatic carbocycles. The molecule has 0 bridgehead atoms. The first-order valence-electron chi connectivity index (χ1n) is 3.13. The van der Waals surface area contributed by atoms with E-state index in [2.05, 4.69) is 32.2 Å². The van der Waals surface area contributed by atoms with E-state index >= 15 is 0 Å². The van der Waals surface area contributed by atoms with Crippen LogP contribution in [0.25, 0.3) is 0 Å². The van der Waals surface area contributed by atoms with E-state index in [0.717, 1.165) is 6.42 Å². The Labute approximate surface area is 81.8 Å². The van der Waals surface area contributed by atoms with E-state index in [1.54, 1.807) is 0 Å². The van der Waals surface area contributed by atoms with Crippen molar-refractivity contribution in [2.45, 2.75) is 37.2 Å². The van der Waals surface area contributed by atoms with Crippen molar-refractivity contribution in [1.29, 1.82) is 0 Å². The Morgan fingerprint density at radius 2 is 1.78 bits per heavy atom. The van der Waals surface area contributed by atoms with Crippen LogP contribution in [-0.4, -0.2) is 4.58 Å². The Hall–Kier alpha value is 1.32. The molecule has 0 heterocycles. The molecule has 0 fully saturated rings. The Bertz CT molecular complexity index is 48.3. The second-order valence-electron chi connectivity index (χ2n) is 1.98. The molecule has 0 rings (SSSR count). The summed E-state index contributed by atoms with van der Waals surface area (Å²) in [6.45, 7) is 2.20. The van der Waals surface area contributed by atoms with Crippen molar-refractivity contribution >= 4 is 25.3 Å². The maximum absolute atomic E-state index is 4.14. The first kappa shape index (κ1) is 13.0. The Morgan fingerprint density at radius 3 is 2.11 bits per heavy atom. The largest absolute Gasteiger partial charge is 0.165 e. The quantitative estimate of drug-likeness (QED) is 0.306. The summed E-state index contributed by atoms with van der Waals surface area (Å²) >= 11 is 8.27. The molecule has 52 valence electrons. The van der Waals surface area contributed by atoms with E-state index in [1.807, 2.05) is 0 Å². The van der Waals surface area contributed by atoms with Gasteiger partial charge in [0.25, 0.3) is 0 Å². The van der Waals surface area contributed by atoms with Crippen LogP contribution in [0.4, 0.5) is 0 Å². The van der Waals surface area contributed by atoms with Crippen molar-refractivity contribution in [3.8, 4) is 0 Å². The summed E-state index contributed by atoms with van der Waals surface area (Å²) < 4.78 is 0.293. The summed E-state index contributed by atoms with van der Waals surface area (Å²) in [6, 6.07) is 0. The van der Waals surface area contributed by atoms with E-state index in [0.29, 0.717) is 4.58 Å². The van der Waals surface area contributed by atoms with Gasteiger partial charge in [-0.3, -0.25) is 0 Å². The van der Waals surface area contributed by atoms with Gasteiger partial charge < -0.3 is 0 Å². The number of hydrogen-bond donors (Lipinski definition) is 2. The molecule has 0 unspecified atom stereocenters. The first-order valence-corrected chi connectivity index (χ1v) is 4.16. The minimum absolute atomic E-state index is 0. The fourth-order valence-electron chi connectivity index (χ4n) is 0.577. The molecule has 0 spiro atoms. The van der Waals surface area contributed by atoms with Gasteiger partial charge in [-0.15, -0.1) is 0 Å². The summed E-state index contributed by atoms with van der Waals surface area (Å²) in [5.74, 6) is 0. The van der Waals surface area contributed by atoms with Crippen LogP contribution in [-0.2, 0) is 19.5 Å². The Balaban J connectivity index is 0. The zero-order valence-corrected chi connectivity index (χ0v) is 10.8. The van der Waals surface area contributed by atoms with Crippen LogP contribution in [0.15, 0.2) is 0 Å². The molecular formula is C6H14S2Zn. The van der Waals surface area contributed by atoms with E-state index in [4.69, 9.17) is 0 Å². The fraction of sp³-hybridized carbons (Fsp3) is 1.00. The zero-order valence-electron chi connectivity index (χ0n) is 6.01. The van der Waals surface area contributed by atoms with Gasteiger partial charge in [0.15, 0.2) is 0 Å². The number of unbranched alkanes of at least 4 members (excludes halogenated alkanes) is 2. The van der Waals surface area contributed by atoms with Crippen molar-refractivity contribution in [3.63, 3.8) is 0 Å². The SMILES string of the molecule is CCCCCC(S)S.[Zn]. The van der Waals surface area contributed by atoms with Crippen molar-refractivity contribution in [2.75, 3.05) is 0 Å².